The standard InChI is InChI=1S/C28H30N4O3/c1-5-25(31(4)28(34)29-20-13-17-22(18-14-20)35-6-2)26-30-24-10-8-7-9-23(24)27(33)32(26)21-15-11-19(3)12-16-21/h7-18,25H,5-6H2,1-4H3,(H,29,34). The van der Waals surface area contributed by atoms with E-state index < -0.39 is 6.04 Å². The molecule has 4 rings (SSSR count). The maximum Gasteiger partial charge on any atom is 0.322 e. The molecule has 0 bridgehead atoms. The van der Waals surface area contributed by atoms with Gasteiger partial charge >= 0.3 is 6.03 Å². The molecule has 180 valence electrons. The fourth-order valence-electron chi connectivity index (χ4n) is 4.10. The molecule has 0 fully saturated rings. The highest BCUT2D eigenvalue weighted by Crippen LogP contribution is 2.26. The van der Waals surface area contributed by atoms with Gasteiger partial charge in [0.2, 0.25) is 0 Å². The van der Waals surface area contributed by atoms with Crippen molar-refractivity contribution in [3.8, 4) is 11.4 Å². The van der Waals surface area contributed by atoms with Crippen LogP contribution in [0.1, 0.15) is 37.7 Å². The lowest BCUT2D eigenvalue weighted by Gasteiger charge is -2.29. The molecule has 1 aromatic heterocycles. The van der Waals surface area contributed by atoms with Crippen molar-refractivity contribution in [1.82, 2.24) is 14.5 Å². The van der Waals surface area contributed by atoms with Gasteiger partial charge in [0, 0.05) is 12.7 Å². The highest BCUT2D eigenvalue weighted by Gasteiger charge is 2.26. The van der Waals surface area contributed by atoms with Crippen LogP contribution in [0.15, 0.2) is 77.6 Å². The third-order valence-electron chi connectivity index (χ3n) is 5.98. The average Bonchev–Trinajstić information content (AvgIpc) is 2.87. The van der Waals surface area contributed by atoms with E-state index >= 15 is 0 Å². The highest BCUT2D eigenvalue weighted by atomic mass is 16.5. The molecule has 3 aromatic carbocycles. The van der Waals surface area contributed by atoms with E-state index in [9.17, 15) is 9.59 Å². The summed E-state index contributed by atoms with van der Waals surface area (Å²) < 4.78 is 7.09. The molecule has 0 radical (unpaired) electrons. The lowest BCUT2D eigenvalue weighted by Crippen LogP contribution is -2.38. The molecular weight excluding hydrogens is 440 g/mol. The number of carbonyl (C=O) groups is 1. The van der Waals surface area contributed by atoms with Gasteiger partial charge in [-0.2, -0.15) is 0 Å². The molecule has 7 heteroatoms. The van der Waals surface area contributed by atoms with E-state index in [0.29, 0.717) is 41.1 Å². The number of aryl methyl sites for hydroxylation is 1. The second-order valence-corrected chi connectivity index (χ2v) is 8.39. The van der Waals surface area contributed by atoms with Gasteiger partial charge in [-0.25, -0.2) is 9.78 Å². The number of urea groups is 1. The molecule has 0 saturated heterocycles. The number of anilines is 1. The van der Waals surface area contributed by atoms with E-state index in [0.717, 1.165) is 11.3 Å². The Hall–Kier alpha value is -4.13. The van der Waals surface area contributed by atoms with Crippen molar-refractivity contribution in [2.45, 2.75) is 33.2 Å². The van der Waals surface area contributed by atoms with E-state index in [-0.39, 0.29) is 11.6 Å². The third kappa shape index (κ3) is 5.04. The molecule has 1 unspecified atom stereocenters. The van der Waals surface area contributed by atoms with E-state index in [1.54, 1.807) is 34.7 Å². The Morgan fingerprint density at radius 3 is 2.37 bits per heavy atom. The van der Waals surface area contributed by atoms with E-state index in [1.807, 2.05) is 75.4 Å². The Morgan fingerprint density at radius 2 is 1.71 bits per heavy atom. The quantitative estimate of drug-likeness (QED) is 0.375. The van der Waals surface area contributed by atoms with Crippen LogP contribution in [0.3, 0.4) is 0 Å². The number of hydrogen-bond acceptors (Lipinski definition) is 4. The zero-order valence-corrected chi connectivity index (χ0v) is 20.5. The summed E-state index contributed by atoms with van der Waals surface area (Å²) >= 11 is 0. The van der Waals surface area contributed by atoms with Gasteiger partial charge < -0.3 is 15.0 Å². The number of aromatic nitrogens is 2. The van der Waals surface area contributed by atoms with Crippen LogP contribution in [0, 0.1) is 6.92 Å². The van der Waals surface area contributed by atoms with Crippen molar-refractivity contribution < 1.29 is 9.53 Å². The van der Waals surface area contributed by atoms with Crippen LogP contribution in [-0.4, -0.2) is 34.1 Å². The molecule has 4 aromatic rings. The first kappa shape index (κ1) is 24.0. The van der Waals surface area contributed by atoms with Gasteiger partial charge in [-0.1, -0.05) is 36.8 Å². The molecule has 0 aliphatic carbocycles. The molecule has 1 N–H and O–H groups in total. The van der Waals surface area contributed by atoms with Crippen molar-refractivity contribution in [2.75, 3.05) is 19.0 Å². The van der Waals surface area contributed by atoms with E-state index in [4.69, 9.17) is 9.72 Å². The molecule has 1 heterocycles. The molecule has 0 aliphatic rings. The number of nitrogens with zero attached hydrogens (tertiary/aromatic N) is 3. The van der Waals surface area contributed by atoms with Crippen LogP contribution in [0.25, 0.3) is 16.6 Å². The molecular formula is C28H30N4O3. The minimum absolute atomic E-state index is 0.159. The summed E-state index contributed by atoms with van der Waals surface area (Å²) in [6, 6.07) is 21.5. The van der Waals surface area contributed by atoms with Gasteiger partial charge in [-0.3, -0.25) is 9.36 Å². The van der Waals surface area contributed by atoms with Crippen molar-refractivity contribution in [3.05, 3.63) is 94.5 Å². The van der Waals surface area contributed by atoms with Crippen molar-refractivity contribution >= 4 is 22.6 Å². The number of carbonyl (C=O) groups excluding carboxylic acids is 1. The molecule has 1 atom stereocenters. The number of benzene rings is 3. The first-order valence-corrected chi connectivity index (χ1v) is 11.8. The van der Waals surface area contributed by atoms with Gasteiger partial charge in [0.25, 0.3) is 5.56 Å². The van der Waals surface area contributed by atoms with Gasteiger partial charge in [0.05, 0.1) is 29.2 Å². The largest absolute Gasteiger partial charge is 0.494 e. The van der Waals surface area contributed by atoms with Gasteiger partial charge in [-0.05, 0) is 68.8 Å². The summed E-state index contributed by atoms with van der Waals surface area (Å²) in [7, 11) is 1.72. The number of amides is 2. The van der Waals surface area contributed by atoms with Crippen LogP contribution in [-0.2, 0) is 0 Å². The Balaban J connectivity index is 1.73. The monoisotopic (exact) mass is 470 g/mol. The number of nitrogens with one attached hydrogen (secondary N) is 1. The maximum absolute atomic E-state index is 13.6. The summed E-state index contributed by atoms with van der Waals surface area (Å²) in [5.41, 5.74) is 2.91. The Bertz CT molecular complexity index is 1380. The first-order valence-electron chi connectivity index (χ1n) is 11.8. The van der Waals surface area contributed by atoms with Crippen LogP contribution in [0.4, 0.5) is 10.5 Å². The number of rotatable bonds is 7. The molecule has 0 aliphatic heterocycles. The van der Waals surface area contributed by atoms with E-state index in [1.165, 1.54) is 0 Å². The highest BCUT2D eigenvalue weighted by molar-refractivity contribution is 5.89. The summed E-state index contributed by atoms with van der Waals surface area (Å²) in [5.74, 6) is 1.26. The lowest BCUT2D eigenvalue weighted by molar-refractivity contribution is 0.199. The molecule has 2 amide bonds. The Morgan fingerprint density at radius 1 is 1.03 bits per heavy atom. The number of fused-ring (bicyclic) bond motifs is 1. The van der Waals surface area contributed by atoms with Crippen LogP contribution in [0.5, 0.6) is 5.75 Å². The van der Waals surface area contributed by atoms with Gasteiger partial charge in [-0.15, -0.1) is 0 Å². The van der Waals surface area contributed by atoms with E-state index in [2.05, 4.69) is 5.32 Å². The predicted molar refractivity (Wildman–Crippen MR) is 140 cm³/mol. The van der Waals surface area contributed by atoms with Crippen molar-refractivity contribution in [3.63, 3.8) is 0 Å². The zero-order chi connectivity index (χ0) is 24.9. The minimum atomic E-state index is -0.434. The molecule has 0 spiro atoms. The summed E-state index contributed by atoms with van der Waals surface area (Å²) in [6.07, 6.45) is 0.573. The Kier molecular flexibility index (Phi) is 7.15. The van der Waals surface area contributed by atoms with Crippen molar-refractivity contribution in [2.24, 2.45) is 0 Å². The minimum Gasteiger partial charge on any atom is -0.494 e. The van der Waals surface area contributed by atoms with Crippen LogP contribution < -0.4 is 15.6 Å². The zero-order valence-electron chi connectivity index (χ0n) is 20.5. The molecule has 0 saturated carbocycles. The first-order chi connectivity index (χ1) is 16.9. The second kappa shape index (κ2) is 10.4. The Labute approximate surface area is 205 Å². The van der Waals surface area contributed by atoms with Gasteiger partial charge in [0.15, 0.2) is 0 Å². The van der Waals surface area contributed by atoms with Crippen LogP contribution in [0.2, 0.25) is 0 Å². The number of hydrogen-bond donors (Lipinski definition) is 1. The smallest absolute Gasteiger partial charge is 0.322 e. The molecule has 35 heavy (non-hydrogen) atoms. The average molecular weight is 471 g/mol. The van der Waals surface area contributed by atoms with Crippen molar-refractivity contribution in [1.29, 1.82) is 0 Å². The normalized spacial score (nSPS) is 11.8. The summed E-state index contributed by atoms with van der Waals surface area (Å²) in [5, 5.41) is 3.47. The maximum atomic E-state index is 13.6. The van der Waals surface area contributed by atoms with Crippen LogP contribution >= 0.6 is 0 Å². The SMILES string of the molecule is CCOc1ccc(NC(=O)N(C)C(CC)c2nc3ccccc3c(=O)n2-c2ccc(C)cc2)cc1. The number of para-hydroxylation sites is 1. The fourth-order valence-corrected chi connectivity index (χ4v) is 4.10. The predicted octanol–water partition coefficient (Wildman–Crippen LogP) is 5.71. The molecule has 7 nitrogen and oxygen atoms in total. The topological polar surface area (TPSA) is 76.5 Å². The fraction of sp³-hybridized carbons (Fsp3) is 0.250. The summed E-state index contributed by atoms with van der Waals surface area (Å²) in [4.78, 5) is 33.3. The third-order valence-corrected chi connectivity index (χ3v) is 5.98. The number of ether oxygens (including phenoxy) is 1. The summed E-state index contributed by atoms with van der Waals surface area (Å²) in [6.45, 7) is 6.48. The second-order valence-electron chi connectivity index (χ2n) is 8.39. The van der Waals surface area contributed by atoms with Gasteiger partial charge in [0.1, 0.15) is 11.6 Å². The lowest BCUT2D eigenvalue weighted by atomic mass is 10.1.